The van der Waals surface area contributed by atoms with Gasteiger partial charge in [0.05, 0.1) is 0 Å². The van der Waals surface area contributed by atoms with E-state index in [9.17, 15) is 0 Å². The Morgan fingerprint density at radius 2 is 0.667 bits per heavy atom. The van der Waals surface area contributed by atoms with Gasteiger partial charge in [-0.1, -0.05) is 110 Å². The molecule has 0 aliphatic carbocycles. The monoisotopic (exact) mass is 474 g/mol. The van der Waals surface area contributed by atoms with Crippen molar-refractivity contribution in [2.45, 2.75) is 162 Å². The summed E-state index contributed by atoms with van der Waals surface area (Å²) in [5.74, 6) is 0. The summed E-state index contributed by atoms with van der Waals surface area (Å²) in [6.07, 6.45) is 20.9. The highest BCUT2D eigenvalue weighted by molar-refractivity contribution is 6.87. The molecule has 0 N–H and O–H groups in total. The van der Waals surface area contributed by atoms with Gasteiger partial charge in [-0.05, 0) is 51.4 Å². The van der Waals surface area contributed by atoms with Crippen LogP contribution in [-0.2, 0) is 8.23 Å². The molecular formula is C25H58O2Si3. The lowest BCUT2D eigenvalue weighted by molar-refractivity contribution is 0.385. The smallest absolute Gasteiger partial charge is 0.311 e. The average molecular weight is 475 g/mol. The van der Waals surface area contributed by atoms with E-state index >= 15 is 0 Å². The molecule has 0 unspecified atom stereocenters. The predicted molar refractivity (Wildman–Crippen MR) is 145 cm³/mol. The van der Waals surface area contributed by atoms with Gasteiger partial charge < -0.3 is 8.23 Å². The maximum absolute atomic E-state index is 6.78. The molecule has 2 nitrogen and oxygen atoms in total. The molecule has 182 valence electrons. The summed E-state index contributed by atoms with van der Waals surface area (Å²) in [7, 11) is -5.26. The Morgan fingerprint density at radius 3 is 0.967 bits per heavy atom. The number of rotatable bonds is 21. The lowest BCUT2D eigenvalue weighted by Gasteiger charge is -2.39. The van der Waals surface area contributed by atoms with E-state index in [0.717, 1.165) is 0 Å². The summed E-state index contributed by atoms with van der Waals surface area (Å²) in [6, 6.07) is 2.59. The third kappa shape index (κ3) is 19.3. The van der Waals surface area contributed by atoms with Crippen LogP contribution in [0.3, 0.4) is 0 Å². The van der Waals surface area contributed by atoms with Crippen molar-refractivity contribution in [3.05, 3.63) is 0 Å². The standard InChI is InChI=1S/C25H58O2Si3/c1-9-11-13-15-17-19-21-23-25-29(5,6)27-30(7,8)26-28(3,4)24-22-20-18-16-14-12-10-2/h9-25H2,1-8H3. The van der Waals surface area contributed by atoms with Gasteiger partial charge in [-0.3, -0.25) is 0 Å². The van der Waals surface area contributed by atoms with Crippen LogP contribution in [0, 0.1) is 0 Å². The van der Waals surface area contributed by atoms with Crippen molar-refractivity contribution in [2.75, 3.05) is 0 Å². The molecule has 0 aromatic rings. The molecule has 30 heavy (non-hydrogen) atoms. The second-order valence-electron chi connectivity index (χ2n) is 11.2. The minimum absolute atomic E-state index is 1.29. The summed E-state index contributed by atoms with van der Waals surface area (Å²) in [6.45, 7) is 18.8. The lowest BCUT2D eigenvalue weighted by Crippen LogP contribution is -2.52. The van der Waals surface area contributed by atoms with E-state index in [1.807, 2.05) is 0 Å². The first kappa shape index (κ1) is 30.6. The van der Waals surface area contributed by atoms with Crippen LogP contribution >= 0.6 is 0 Å². The number of hydrogen-bond acceptors (Lipinski definition) is 2. The van der Waals surface area contributed by atoms with Gasteiger partial charge in [0, 0.05) is 0 Å². The molecule has 0 aromatic carbocycles. The van der Waals surface area contributed by atoms with Crippen molar-refractivity contribution < 1.29 is 8.23 Å². The van der Waals surface area contributed by atoms with E-state index in [0.29, 0.717) is 0 Å². The number of unbranched alkanes of at least 4 members (excludes halogenated alkanes) is 13. The molecule has 0 aliphatic rings. The second kappa shape index (κ2) is 17.1. The van der Waals surface area contributed by atoms with Crippen molar-refractivity contribution in [1.82, 2.24) is 0 Å². The molecule has 0 fully saturated rings. The minimum Gasteiger partial charge on any atom is -0.437 e. The molecule has 0 aromatic heterocycles. The highest BCUT2D eigenvalue weighted by Crippen LogP contribution is 2.27. The zero-order chi connectivity index (χ0) is 22.9. The van der Waals surface area contributed by atoms with Crippen LogP contribution in [0.15, 0.2) is 0 Å². The highest BCUT2D eigenvalue weighted by atomic mass is 28.5. The van der Waals surface area contributed by atoms with Crippen LogP contribution in [0.5, 0.6) is 0 Å². The Hall–Kier alpha value is 0.571. The molecule has 0 spiro atoms. The van der Waals surface area contributed by atoms with Crippen LogP contribution in [0.2, 0.25) is 51.4 Å². The summed E-state index contributed by atoms with van der Waals surface area (Å²) in [5, 5.41) is 0. The van der Waals surface area contributed by atoms with Crippen LogP contribution < -0.4 is 0 Å². The van der Waals surface area contributed by atoms with Crippen LogP contribution in [0.1, 0.15) is 110 Å². The first-order valence-corrected chi connectivity index (χ1v) is 22.5. The molecule has 0 saturated carbocycles. The van der Waals surface area contributed by atoms with Crippen LogP contribution in [0.4, 0.5) is 0 Å². The molecule has 0 saturated heterocycles. The van der Waals surface area contributed by atoms with Crippen molar-refractivity contribution in [3.63, 3.8) is 0 Å². The Morgan fingerprint density at radius 1 is 0.400 bits per heavy atom. The van der Waals surface area contributed by atoms with Gasteiger partial charge in [-0.15, -0.1) is 0 Å². The molecule has 5 heteroatoms. The van der Waals surface area contributed by atoms with Crippen molar-refractivity contribution in [1.29, 1.82) is 0 Å². The Bertz CT molecular complexity index is 398. The Labute approximate surface area is 194 Å². The van der Waals surface area contributed by atoms with Gasteiger partial charge in [0.2, 0.25) is 0 Å². The molecule has 0 aliphatic heterocycles. The van der Waals surface area contributed by atoms with Gasteiger partial charge in [0.25, 0.3) is 0 Å². The van der Waals surface area contributed by atoms with E-state index in [1.165, 1.54) is 108 Å². The van der Waals surface area contributed by atoms with Gasteiger partial charge >= 0.3 is 8.56 Å². The molecule has 0 amide bonds. The van der Waals surface area contributed by atoms with E-state index in [1.54, 1.807) is 0 Å². The molecule has 0 atom stereocenters. The molecular weight excluding hydrogens is 417 g/mol. The first-order valence-electron chi connectivity index (χ1n) is 13.4. The van der Waals surface area contributed by atoms with Crippen molar-refractivity contribution in [2.24, 2.45) is 0 Å². The summed E-state index contributed by atoms with van der Waals surface area (Å²) in [4.78, 5) is 0. The topological polar surface area (TPSA) is 18.5 Å². The van der Waals surface area contributed by atoms with E-state index < -0.39 is 25.2 Å². The fourth-order valence-corrected chi connectivity index (χ4v) is 18.9. The lowest BCUT2D eigenvalue weighted by atomic mass is 10.1. The third-order valence-electron chi connectivity index (χ3n) is 6.06. The quantitative estimate of drug-likeness (QED) is 0.122. The normalized spacial score (nSPS) is 13.2. The van der Waals surface area contributed by atoms with Gasteiger partial charge in [-0.2, -0.15) is 0 Å². The largest absolute Gasteiger partial charge is 0.437 e. The number of hydrogen-bond donors (Lipinski definition) is 0. The van der Waals surface area contributed by atoms with Crippen molar-refractivity contribution >= 4 is 25.2 Å². The van der Waals surface area contributed by atoms with Gasteiger partial charge in [0.1, 0.15) is 0 Å². The molecule has 0 rings (SSSR count). The summed E-state index contributed by atoms with van der Waals surface area (Å²) in [5.41, 5.74) is 0. The summed E-state index contributed by atoms with van der Waals surface area (Å²) < 4.78 is 13.6. The van der Waals surface area contributed by atoms with E-state index in [2.05, 4.69) is 53.1 Å². The van der Waals surface area contributed by atoms with Gasteiger partial charge in [0.15, 0.2) is 16.6 Å². The Kier molecular flexibility index (Phi) is 17.4. The van der Waals surface area contributed by atoms with Gasteiger partial charge in [-0.25, -0.2) is 0 Å². The third-order valence-corrected chi connectivity index (χ3v) is 17.5. The van der Waals surface area contributed by atoms with Crippen LogP contribution in [-0.4, -0.2) is 25.2 Å². The molecule has 0 radical (unpaired) electrons. The molecule has 0 bridgehead atoms. The fraction of sp³-hybridized carbons (Fsp3) is 1.00. The zero-order valence-corrected chi connectivity index (χ0v) is 25.3. The maximum Gasteiger partial charge on any atom is 0.311 e. The SMILES string of the molecule is CCCCCCCCCC[Si](C)(C)O[Si](C)(C)O[Si](C)(C)CCCCCCCCC. The van der Waals surface area contributed by atoms with Crippen LogP contribution in [0.25, 0.3) is 0 Å². The average Bonchev–Trinajstić information content (AvgIpc) is 2.61. The Balaban J connectivity index is 4.08. The van der Waals surface area contributed by atoms with Crippen molar-refractivity contribution in [3.8, 4) is 0 Å². The minimum atomic E-state index is -2.03. The predicted octanol–water partition coefficient (Wildman–Crippen LogP) is 10.0. The zero-order valence-electron chi connectivity index (χ0n) is 22.3. The maximum atomic E-state index is 6.78. The molecule has 0 heterocycles. The second-order valence-corrected chi connectivity index (χ2v) is 23.7. The fourth-order valence-electron chi connectivity index (χ4n) is 4.65. The highest BCUT2D eigenvalue weighted by Gasteiger charge is 2.39. The van der Waals surface area contributed by atoms with E-state index in [-0.39, 0.29) is 0 Å². The first-order chi connectivity index (χ1) is 14.0. The van der Waals surface area contributed by atoms with E-state index in [4.69, 9.17) is 8.23 Å². The summed E-state index contributed by atoms with van der Waals surface area (Å²) >= 11 is 0.